The van der Waals surface area contributed by atoms with E-state index in [2.05, 4.69) is 26.8 Å². The van der Waals surface area contributed by atoms with Gasteiger partial charge in [0.05, 0.1) is 12.1 Å². The van der Waals surface area contributed by atoms with Crippen LogP contribution in [0.1, 0.15) is 98.8 Å². The molecule has 6 nitrogen and oxygen atoms in total. The van der Waals surface area contributed by atoms with Gasteiger partial charge < -0.3 is 20.0 Å². The Morgan fingerprint density at radius 1 is 1.03 bits per heavy atom. The van der Waals surface area contributed by atoms with Crippen LogP contribution in [0.15, 0.2) is 11.6 Å². The summed E-state index contributed by atoms with van der Waals surface area (Å²) in [4.78, 5) is 28.1. The van der Waals surface area contributed by atoms with Gasteiger partial charge in [-0.15, -0.1) is 0 Å². The van der Waals surface area contributed by atoms with E-state index in [1.54, 1.807) is 5.57 Å². The monoisotopic (exact) mass is 514 g/mol. The van der Waals surface area contributed by atoms with Crippen LogP contribution in [-0.2, 0) is 4.79 Å². The first-order chi connectivity index (χ1) is 17.5. The van der Waals surface area contributed by atoms with Crippen molar-refractivity contribution in [2.24, 2.45) is 40.4 Å². The zero-order valence-electron chi connectivity index (χ0n) is 23.8. The lowest BCUT2D eigenvalue weighted by molar-refractivity contribution is -0.137. The molecule has 6 heteroatoms. The molecule has 208 valence electrons. The third kappa shape index (κ3) is 4.43. The number of amides is 2. The number of hydrogen-bond donors (Lipinski definition) is 2. The van der Waals surface area contributed by atoms with E-state index in [1.165, 1.54) is 37.0 Å². The van der Waals surface area contributed by atoms with Crippen molar-refractivity contribution in [2.75, 3.05) is 13.1 Å². The fourth-order valence-corrected chi connectivity index (χ4v) is 10.1. The normalized spacial score (nSPS) is 44.4. The van der Waals surface area contributed by atoms with E-state index >= 15 is 0 Å². The molecule has 3 saturated carbocycles. The zero-order chi connectivity index (χ0) is 26.7. The summed E-state index contributed by atoms with van der Waals surface area (Å²) < 4.78 is 0. The van der Waals surface area contributed by atoms with Gasteiger partial charge in [-0.3, -0.25) is 4.79 Å². The molecule has 0 aromatic carbocycles. The molecular weight excluding hydrogens is 464 g/mol. The highest BCUT2D eigenvalue weighted by atomic mass is 16.4. The van der Waals surface area contributed by atoms with Crippen molar-refractivity contribution in [2.45, 2.75) is 117 Å². The van der Waals surface area contributed by atoms with Gasteiger partial charge in [-0.1, -0.05) is 32.4 Å². The number of carboxylic acid groups (broad SMARTS) is 1. The lowest BCUT2D eigenvalue weighted by Gasteiger charge is -2.58. The Bertz CT molecular complexity index is 934. The molecule has 37 heavy (non-hydrogen) atoms. The number of nitrogens with zero attached hydrogens (tertiary/aromatic N) is 2. The van der Waals surface area contributed by atoms with E-state index < -0.39 is 6.09 Å². The number of hydrogen-bond acceptors (Lipinski definition) is 3. The molecule has 1 saturated heterocycles. The Labute approximate surface area is 223 Å². The van der Waals surface area contributed by atoms with E-state index in [0.717, 1.165) is 43.4 Å². The number of carbonyl (C=O) groups is 2. The van der Waals surface area contributed by atoms with Crippen molar-refractivity contribution in [3.63, 3.8) is 0 Å². The summed E-state index contributed by atoms with van der Waals surface area (Å²) in [5, 5.41) is 19.7. The topological polar surface area (TPSA) is 81.1 Å². The van der Waals surface area contributed by atoms with E-state index in [1.807, 2.05) is 18.7 Å². The van der Waals surface area contributed by atoms with Crippen LogP contribution in [0.3, 0.4) is 0 Å². The Balaban J connectivity index is 1.21. The van der Waals surface area contributed by atoms with Crippen LogP contribution in [0.2, 0.25) is 0 Å². The molecule has 2 N–H and O–H groups in total. The highest BCUT2D eigenvalue weighted by Gasteiger charge is 2.59. The van der Waals surface area contributed by atoms with E-state index in [0.29, 0.717) is 36.8 Å². The van der Waals surface area contributed by atoms with Crippen LogP contribution in [0, 0.1) is 40.4 Å². The number of fused-ring (bicyclic) bond motifs is 5. The maximum absolute atomic E-state index is 13.2. The highest BCUT2D eigenvalue weighted by Crippen LogP contribution is 2.67. The third-order valence-corrected chi connectivity index (χ3v) is 12.5. The smallest absolute Gasteiger partial charge is 0.407 e. The summed E-state index contributed by atoms with van der Waals surface area (Å²) in [5.41, 5.74) is 2.21. The molecule has 1 aliphatic heterocycles. The molecule has 0 aromatic heterocycles. The van der Waals surface area contributed by atoms with E-state index in [-0.39, 0.29) is 29.5 Å². The van der Waals surface area contributed by atoms with Crippen LogP contribution in [-0.4, -0.2) is 63.3 Å². The highest BCUT2D eigenvalue weighted by molar-refractivity contribution is 5.77. The minimum Gasteiger partial charge on any atom is -0.465 e. The van der Waals surface area contributed by atoms with Crippen LogP contribution >= 0.6 is 0 Å². The van der Waals surface area contributed by atoms with Crippen LogP contribution < -0.4 is 0 Å². The lowest BCUT2D eigenvalue weighted by atomic mass is 9.47. The molecule has 4 fully saturated rings. The second-order valence-electron chi connectivity index (χ2n) is 13.9. The minimum atomic E-state index is -0.890. The quantitative estimate of drug-likeness (QED) is 0.455. The number of piperazine rings is 1. The molecule has 0 radical (unpaired) electrons. The first kappa shape index (κ1) is 27.0. The van der Waals surface area contributed by atoms with Gasteiger partial charge in [0.25, 0.3) is 0 Å². The molecule has 0 aromatic rings. The fraction of sp³-hybridized carbons (Fsp3) is 0.871. The van der Waals surface area contributed by atoms with Gasteiger partial charge in [-0.05, 0) is 112 Å². The molecule has 4 aliphatic carbocycles. The number of rotatable bonds is 4. The summed E-state index contributed by atoms with van der Waals surface area (Å²) in [6, 6.07) is -0.250. The predicted octanol–water partition coefficient (Wildman–Crippen LogP) is 5.94. The molecule has 5 aliphatic rings. The Hall–Kier alpha value is -1.56. The van der Waals surface area contributed by atoms with Crippen molar-refractivity contribution >= 4 is 12.0 Å². The van der Waals surface area contributed by atoms with Gasteiger partial charge >= 0.3 is 6.09 Å². The zero-order valence-corrected chi connectivity index (χ0v) is 23.8. The van der Waals surface area contributed by atoms with Gasteiger partial charge in [0.2, 0.25) is 5.91 Å². The van der Waals surface area contributed by atoms with E-state index in [4.69, 9.17) is 0 Å². The van der Waals surface area contributed by atoms with Crippen molar-refractivity contribution in [3.8, 4) is 0 Å². The molecule has 10 atom stereocenters. The Kier molecular flexibility index (Phi) is 7.21. The standard InChI is InChI=1S/C31H50N2O4/c1-19(6-11-28(35)32-16-17-33(29(36)37)21(3)20(32)2)25-9-10-26-24-8-7-22-18-23(34)12-14-30(22,4)27(24)13-15-31(25,26)5/h7,19-21,23-27,34H,6,8-18H2,1-5H3,(H,36,37)/t19?,20?,21?,23-,24-,25+,26-,27-,30-,31+/m0/s1. The Morgan fingerprint density at radius 3 is 2.46 bits per heavy atom. The molecule has 5 rings (SSSR count). The summed E-state index contributed by atoms with van der Waals surface area (Å²) in [6.07, 6.45) is 12.4. The number of carbonyl (C=O) groups excluding carboxylic acids is 1. The lowest BCUT2D eigenvalue weighted by Crippen LogP contribution is -2.60. The Morgan fingerprint density at radius 2 is 1.73 bits per heavy atom. The number of aliphatic hydroxyl groups excluding tert-OH is 1. The molecule has 0 bridgehead atoms. The average Bonchev–Trinajstić information content (AvgIpc) is 3.21. The molecule has 2 amide bonds. The first-order valence-electron chi connectivity index (χ1n) is 15.1. The average molecular weight is 515 g/mol. The summed E-state index contributed by atoms with van der Waals surface area (Å²) in [6.45, 7) is 12.3. The fourth-order valence-electron chi connectivity index (χ4n) is 10.1. The van der Waals surface area contributed by atoms with Crippen molar-refractivity contribution < 1.29 is 19.8 Å². The number of aliphatic hydroxyl groups is 1. The SMILES string of the molecule is CC(CCC(=O)N1CCN(C(=O)O)C(C)C1C)[C@H]1CC[C@H]2[C@@H]3CC=C4C[C@@H](O)CC[C@]4(C)[C@H]3CC[C@]12C. The van der Waals surface area contributed by atoms with Crippen molar-refractivity contribution in [1.29, 1.82) is 0 Å². The third-order valence-electron chi connectivity index (χ3n) is 12.5. The van der Waals surface area contributed by atoms with Crippen LogP contribution in [0.4, 0.5) is 4.79 Å². The maximum Gasteiger partial charge on any atom is 0.407 e. The molecule has 3 unspecified atom stereocenters. The summed E-state index contributed by atoms with van der Waals surface area (Å²) in [7, 11) is 0. The van der Waals surface area contributed by atoms with E-state index in [9.17, 15) is 19.8 Å². The molecule has 1 heterocycles. The minimum absolute atomic E-state index is 0.0807. The van der Waals surface area contributed by atoms with Crippen molar-refractivity contribution in [3.05, 3.63) is 11.6 Å². The predicted molar refractivity (Wildman–Crippen MR) is 145 cm³/mol. The first-order valence-corrected chi connectivity index (χ1v) is 15.1. The summed E-state index contributed by atoms with van der Waals surface area (Å²) in [5.74, 6) is 3.71. The second-order valence-corrected chi connectivity index (χ2v) is 13.9. The van der Waals surface area contributed by atoms with Gasteiger partial charge in [0.15, 0.2) is 0 Å². The van der Waals surface area contributed by atoms with Crippen LogP contribution in [0.5, 0.6) is 0 Å². The van der Waals surface area contributed by atoms with Gasteiger partial charge in [0, 0.05) is 25.6 Å². The molecular formula is C31H50N2O4. The molecule has 0 spiro atoms. The second kappa shape index (κ2) is 9.88. The van der Waals surface area contributed by atoms with Crippen molar-refractivity contribution in [1.82, 2.24) is 9.80 Å². The maximum atomic E-state index is 13.2. The van der Waals surface area contributed by atoms with Gasteiger partial charge in [0.1, 0.15) is 0 Å². The van der Waals surface area contributed by atoms with Crippen LogP contribution in [0.25, 0.3) is 0 Å². The largest absolute Gasteiger partial charge is 0.465 e. The van der Waals surface area contributed by atoms with Gasteiger partial charge in [-0.2, -0.15) is 0 Å². The summed E-state index contributed by atoms with van der Waals surface area (Å²) >= 11 is 0. The van der Waals surface area contributed by atoms with Gasteiger partial charge in [-0.25, -0.2) is 4.79 Å². The number of allylic oxidation sites excluding steroid dienone is 1.